The maximum Gasteiger partial charge on any atom is 0.161 e. The standard InChI is InChI=1S/C14H16ClNO2S/c1-3-6-18-12-5-4-10(7-13(12)17-2)14-16-11(8-15)9-19-14/h4-5,7,9H,3,6,8H2,1-2H3. The molecule has 2 rings (SSSR count). The lowest BCUT2D eigenvalue weighted by Crippen LogP contribution is -1.97. The van der Waals surface area contributed by atoms with Gasteiger partial charge in [0, 0.05) is 10.9 Å². The molecule has 3 nitrogen and oxygen atoms in total. The summed E-state index contributed by atoms with van der Waals surface area (Å²) in [5.74, 6) is 1.93. The molecule has 19 heavy (non-hydrogen) atoms. The van der Waals surface area contributed by atoms with E-state index in [1.54, 1.807) is 18.4 Å². The largest absolute Gasteiger partial charge is 0.493 e. The van der Waals surface area contributed by atoms with Gasteiger partial charge in [-0.1, -0.05) is 6.92 Å². The zero-order valence-corrected chi connectivity index (χ0v) is 12.6. The van der Waals surface area contributed by atoms with E-state index in [0.29, 0.717) is 12.5 Å². The number of nitrogens with zero attached hydrogens (tertiary/aromatic N) is 1. The number of methoxy groups -OCH3 is 1. The van der Waals surface area contributed by atoms with Gasteiger partial charge < -0.3 is 9.47 Å². The molecule has 0 N–H and O–H groups in total. The topological polar surface area (TPSA) is 31.4 Å². The van der Waals surface area contributed by atoms with Crippen LogP contribution >= 0.6 is 22.9 Å². The Hall–Kier alpha value is -1.26. The number of alkyl halides is 1. The summed E-state index contributed by atoms with van der Waals surface area (Å²) < 4.78 is 11.0. The van der Waals surface area contributed by atoms with Gasteiger partial charge in [0.1, 0.15) is 5.01 Å². The van der Waals surface area contributed by atoms with Crippen molar-refractivity contribution in [3.8, 4) is 22.1 Å². The summed E-state index contributed by atoms with van der Waals surface area (Å²) in [7, 11) is 1.64. The van der Waals surface area contributed by atoms with E-state index in [1.165, 1.54) is 0 Å². The van der Waals surface area contributed by atoms with Crippen LogP contribution in [0.2, 0.25) is 0 Å². The Kier molecular flexibility index (Phi) is 5.05. The normalized spacial score (nSPS) is 10.5. The van der Waals surface area contributed by atoms with Crippen molar-refractivity contribution in [2.24, 2.45) is 0 Å². The van der Waals surface area contributed by atoms with Crippen molar-refractivity contribution in [3.05, 3.63) is 29.3 Å². The lowest BCUT2D eigenvalue weighted by Gasteiger charge is -2.10. The minimum Gasteiger partial charge on any atom is -0.493 e. The van der Waals surface area contributed by atoms with Crippen LogP contribution in [0.1, 0.15) is 19.0 Å². The molecule has 1 aromatic heterocycles. The molecule has 0 aliphatic rings. The molecule has 2 aromatic rings. The molecule has 0 unspecified atom stereocenters. The summed E-state index contributed by atoms with van der Waals surface area (Å²) in [6, 6.07) is 5.86. The fourth-order valence-corrected chi connectivity index (χ4v) is 2.68. The van der Waals surface area contributed by atoms with Crippen LogP contribution in [0.25, 0.3) is 10.6 Å². The molecular weight excluding hydrogens is 282 g/mol. The highest BCUT2D eigenvalue weighted by molar-refractivity contribution is 7.13. The van der Waals surface area contributed by atoms with Crippen molar-refractivity contribution in [3.63, 3.8) is 0 Å². The number of benzene rings is 1. The van der Waals surface area contributed by atoms with Crippen LogP contribution in [-0.4, -0.2) is 18.7 Å². The van der Waals surface area contributed by atoms with Gasteiger partial charge in [-0.15, -0.1) is 22.9 Å². The van der Waals surface area contributed by atoms with Gasteiger partial charge in [0.25, 0.3) is 0 Å². The van der Waals surface area contributed by atoms with E-state index >= 15 is 0 Å². The first-order valence-corrected chi connectivity index (χ1v) is 7.51. The first kappa shape index (κ1) is 14.2. The molecule has 0 atom stereocenters. The predicted molar refractivity (Wildman–Crippen MR) is 79.4 cm³/mol. The molecule has 5 heteroatoms. The van der Waals surface area contributed by atoms with Crippen LogP contribution in [0, 0.1) is 0 Å². The Morgan fingerprint density at radius 1 is 1.32 bits per heavy atom. The van der Waals surface area contributed by atoms with Crippen LogP contribution in [0.5, 0.6) is 11.5 Å². The van der Waals surface area contributed by atoms with Gasteiger partial charge in [0.15, 0.2) is 11.5 Å². The van der Waals surface area contributed by atoms with E-state index in [4.69, 9.17) is 21.1 Å². The molecule has 0 saturated heterocycles. The number of thiazole rings is 1. The SMILES string of the molecule is CCCOc1ccc(-c2nc(CCl)cs2)cc1OC. The third-order valence-electron chi connectivity index (χ3n) is 2.56. The van der Waals surface area contributed by atoms with Gasteiger partial charge in [-0.3, -0.25) is 0 Å². The van der Waals surface area contributed by atoms with E-state index in [1.807, 2.05) is 23.6 Å². The lowest BCUT2D eigenvalue weighted by molar-refractivity contribution is 0.294. The second-order valence-electron chi connectivity index (χ2n) is 3.99. The number of aromatic nitrogens is 1. The van der Waals surface area contributed by atoms with Gasteiger partial charge in [0.2, 0.25) is 0 Å². The fourth-order valence-electron chi connectivity index (χ4n) is 1.63. The molecule has 102 valence electrons. The van der Waals surface area contributed by atoms with Crippen LogP contribution in [0.15, 0.2) is 23.6 Å². The molecule has 1 aromatic carbocycles. The Balaban J connectivity index is 2.27. The second kappa shape index (κ2) is 6.78. The number of hydrogen-bond acceptors (Lipinski definition) is 4. The van der Waals surface area contributed by atoms with Crippen LogP contribution in [0.4, 0.5) is 0 Å². The molecule has 0 fully saturated rings. The van der Waals surface area contributed by atoms with Crippen molar-refractivity contribution in [2.45, 2.75) is 19.2 Å². The zero-order chi connectivity index (χ0) is 13.7. The van der Waals surface area contributed by atoms with Gasteiger partial charge in [-0.05, 0) is 24.6 Å². The highest BCUT2D eigenvalue weighted by Gasteiger charge is 2.09. The molecule has 0 spiro atoms. The van der Waals surface area contributed by atoms with Crippen LogP contribution in [0.3, 0.4) is 0 Å². The van der Waals surface area contributed by atoms with Gasteiger partial charge in [0.05, 0.1) is 25.3 Å². The smallest absolute Gasteiger partial charge is 0.161 e. The van der Waals surface area contributed by atoms with Gasteiger partial charge >= 0.3 is 0 Å². The van der Waals surface area contributed by atoms with Gasteiger partial charge in [-0.25, -0.2) is 4.98 Å². The summed E-state index contributed by atoms with van der Waals surface area (Å²) >= 11 is 7.35. The molecule has 0 saturated carbocycles. The summed E-state index contributed by atoms with van der Waals surface area (Å²) in [5.41, 5.74) is 1.91. The van der Waals surface area contributed by atoms with E-state index in [-0.39, 0.29) is 0 Å². The predicted octanol–water partition coefficient (Wildman–Crippen LogP) is 4.35. The van der Waals surface area contributed by atoms with Crippen molar-refractivity contribution >= 4 is 22.9 Å². The third-order valence-corrected chi connectivity index (χ3v) is 3.77. The maximum atomic E-state index is 5.77. The summed E-state index contributed by atoms with van der Waals surface area (Å²) in [6.45, 7) is 2.76. The summed E-state index contributed by atoms with van der Waals surface area (Å²) in [4.78, 5) is 4.46. The average Bonchev–Trinajstić information content (AvgIpc) is 2.93. The first-order chi connectivity index (χ1) is 9.28. The summed E-state index contributed by atoms with van der Waals surface area (Å²) in [5, 5.41) is 2.91. The van der Waals surface area contributed by atoms with E-state index in [0.717, 1.165) is 34.2 Å². The Bertz CT molecular complexity index is 542. The van der Waals surface area contributed by atoms with Crippen LogP contribution < -0.4 is 9.47 Å². The van der Waals surface area contributed by atoms with E-state index in [9.17, 15) is 0 Å². The molecule has 0 bridgehead atoms. The molecule has 0 aliphatic carbocycles. The number of rotatable bonds is 6. The molecule has 0 radical (unpaired) electrons. The lowest BCUT2D eigenvalue weighted by atomic mass is 10.2. The number of ether oxygens (including phenoxy) is 2. The molecule has 1 heterocycles. The van der Waals surface area contributed by atoms with Crippen molar-refractivity contribution in [1.29, 1.82) is 0 Å². The maximum absolute atomic E-state index is 5.77. The highest BCUT2D eigenvalue weighted by atomic mass is 35.5. The molecule has 0 aliphatic heterocycles. The minimum atomic E-state index is 0.436. The number of halogens is 1. The van der Waals surface area contributed by atoms with Crippen molar-refractivity contribution in [1.82, 2.24) is 4.98 Å². The quantitative estimate of drug-likeness (QED) is 0.743. The zero-order valence-electron chi connectivity index (χ0n) is 11.0. The first-order valence-electron chi connectivity index (χ1n) is 6.10. The Morgan fingerprint density at radius 2 is 2.16 bits per heavy atom. The molecular formula is C14H16ClNO2S. The Labute approximate surface area is 122 Å². The fraction of sp³-hybridized carbons (Fsp3) is 0.357. The Morgan fingerprint density at radius 3 is 2.79 bits per heavy atom. The van der Waals surface area contributed by atoms with Crippen molar-refractivity contribution < 1.29 is 9.47 Å². The second-order valence-corrected chi connectivity index (χ2v) is 5.12. The van der Waals surface area contributed by atoms with Gasteiger partial charge in [-0.2, -0.15) is 0 Å². The van der Waals surface area contributed by atoms with E-state index in [2.05, 4.69) is 11.9 Å². The third kappa shape index (κ3) is 3.39. The highest BCUT2D eigenvalue weighted by Crippen LogP contribution is 2.34. The van der Waals surface area contributed by atoms with E-state index < -0.39 is 0 Å². The van der Waals surface area contributed by atoms with Crippen molar-refractivity contribution in [2.75, 3.05) is 13.7 Å². The van der Waals surface area contributed by atoms with Crippen LogP contribution in [-0.2, 0) is 5.88 Å². The average molecular weight is 298 g/mol. The summed E-state index contributed by atoms with van der Waals surface area (Å²) in [6.07, 6.45) is 0.969. The molecule has 0 amide bonds. The minimum absolute atomic E-state index is 0.436. The monoisotopic (exact) mass is 297 g/mol. The number of hydrogen-bond donors (Lipinski definition) is 0.